The van der Waals surface area contributed by atoms with Gasteiger partial charge in [-0.3, -0.25) is 24.2 Å². The van der Waals surface area contributed by atoms with Crippen molar-refractivity contribution in [2.24, 2.45) is 11.8 Å². The molecule has 0 spiro atoms. The van der Waals surface area contributed by atoms with Crippen molar-refractivity contribution in [3.63, 3.8) is 0 Å². The number of hydrogen-bond acceptors (Lipinski definition) is 9. The molecule has 1 aromatic rings. The van der Waals surface area contributed by atoms with E-state index in [1.807, 2.05) is 13.8 Å². The van der Waals surface area contributed by atoms with Crippen molar-refractivity contribution in [1.29, 1.82) is 0 Å². The van der Waals surface area contributed by atoms with E-state index in [1.54, 1.807) is 38.1 Å². The molecular formula is C31H48N4O8. The minimum absolute atomic E-state index is 0.0298. The number of nitrogens with one attached hydrogen (secondary N) is 3. The van der Waals surface area contributed by atoms with Crippen molar-refractivity contribution in [3.8, 4) is 11.5 Å². The largest absolute Gasteiger partial charge is 0.494 e. The number of nitrogens with zero attached hydrogens (tertiary/aromatic N) is 1. The van der Waals surface area contributed by atoms with Crippen LogP contribution in [-0.2, 0) is 28.7 Å². The van der Waals surface area contributed by atoms with Gasteiger partial charge in [-0.2, -0.15) is 0 Å². The van der Waals surface area contributed by atoms with E-state index in [4.69, 9.17) is 14.2 Å². The Kier molecular flexibility index (Phi) is 15.5. The standard InChI is InChI=1S/C31H48N4O8/c1-6-7-17-41-23-10-12-24(13-11-23)42-20-29(39)43-19-26(36)30(22(4)5)34-31(40)25-9-8-15-33-35(25)28(38)14-16-32-27(37)18-21(2)3/h10-13,21-22,25,30,33H,6-9,14-20H2,1-5H3,(H,32,37)(H,34,40). The molecule has 12 heteroatoms. The Hall–Kier alpha value is -3.67. The second-order valence-corrected chi connectivity index (χ2v) is 11.3. The summed E-state index contributed by atoms with van der Waals surface area (Å²) in [7, 11) is 0. The molecule has 1 saturated heterocycles. The number of ether oxygens (including phenoxy) is 3. The summed E-state index contributed by atoms with van der Waals surface area (Å²) >= 11 is 0. The smallest absolute Gasteiger partial charge is 0.344 e. The van der Waals surface area contributed by atoms with E-state index in [-0.39, 0.29) is 43.2 Å². The van der Waals surface area contributed by atoms with Crippen LogP contribution in [-0.4, -0.2) is 79.5 Å². The Balaban J connectivity index is 1.84. The third-order valence-corrected chi connectivity index (χ3v) is 6.71. The summed E-state index contributed by atoms with van der Waals surface area (Å²) in [5.74, 6) is -1.05. The zero-order valence-corrected chi connectivity index (χ0v) is 26.1. The molecule has 0 radical (unpaired) electrons. The topological polar surface area (TPSA) is 152 Å². The van der Waals surface area contributed by atoms with Crippen molar-refractivity contribution >= 4 is 29.5 Å². The Labute approximate surface area is 254 Å². The number of carbonyl (C=O) groups is 5. The molecule has 2 rings (SSSR count). The van der Waals surface area contributed by atoms with Gasteiger partial charge in [0.15, 0.2) is 19.0 Å². The molecule has 1 heterocycles. The predicted octanol–water partition coefficient (Wildman–Crippen LogP) is 2.55. The Morgan fingerprint density at radius 1 is 1.00 bits per heavy atom. The molecule has 2 atom stereocenters. The maximum Gasteiger partial charge on any atom is 0.344 e. The molecule has 43 heavy (non-hydrogen) atoms. The van der Waals surface area contributed by atoms with Crippen molar-refractivity contribution in [2.45, 2.75) is 85.2 Å². The molecule has 3 N–H and O–H groups in total. The van der Waals surface area contributed by atoms with Gasteiger partial charge in [-0.15, -0.1) is 0 Å². The number of rotatable bonds is 18. The van der Waals surface area contributed by atoms with Gasteiger partial charge in [-0.1, -0.05) is 41.0 Å². The molecule has 0 saturated carbocycles. The molecule has 1 aromatic carbocycles. The van der Waals surface area contributed by atoms with E-state index in [1.165, 1.54) is 5.01 Å². The van der Waals surface area contributed by atoms with Crippen molar-refractivity contribution < 1.29 is 38.2 Å². The van der Waals surface area contributed by atoms with Crippen LogP contribution in [0, 0.1) is 11.8 Å². The van der Waals surface area contributed by atoms with Gasteiger partial charge < -0.3 is 24.8 Å². The van der Waals surface area contributed by atoms with Gasteiger partial charge >= 0.3 is 5.97 Å². The Morgan fingerprint density at radius 3 is 2.30 bits per heavy atom. The zero-order chi connectivity index (χ0) is 31.8. The van der Waals surface area contributed by atoms with Gasteiger partial charge in [0, 0.05) is 25.9 Å². The van der Waals surface area contributed by atoms with E-state index >= 15 is 0 Å². The molecular weight excluding hydrogens is 556 g/mol. The first-order chi connectivity index (χ1) is 20.5. The molecule has 3 amide bonds. The maximum atomic E-state index is 13.2. The number of unbranched alkanes of at least 4 members (excludes halogenated alkanes) is 1. The fourth-order valence-electron chi connectivity index (χ4n) is 4.38. The highest BCUT2D eigenvalue weighted by Crippen LogP contribution is 2.18. The van der Waals surface area contributed by atoms with Crippen LogP contribution < -0.4 is 25.5 Å². The van der Waals surface area contributed by atoms with E-state index in [9.17, 15) is 24.0 Å². The number of benzene rings is 1. The van der Waals surface area contributed by atoms with Crippen LogP contribution in [0.15, 0.2) is 24.3 Å². The summed E-state index contributed by atoms with van der Waals surface area (Å²) in [4.78, 5) is 63.2. The lowest BCUT2D eigenvalue weighted by molar-refractivity contribution is -0.151. The molecule has 2 unspecified atom stereocenters. The number of hydrazine groups is 1. The second kappa shape index (κ2) is 18.8. The van der Waals surface area contributed by atoms with Gasteiger partial charge in [0.05, 0.1) is 12.6 Å². The average molecular weight is 605 g/mol. The summed E-state index contributed by atoms with van der Waals surface area (Å²) in [6, 6.07) is 5.12. The van der Waals surface area contributed by atoms with E-state index in [0.717, 1.165) is 12.8 Å². The highest BCUT2D eigenvalue weighted by molar-refractivity contribution is 5.94. The van der Waals surface area contributed by atoms with Gasteiger partial charge in [-0.05, 0) is 55.4 Å². The van der Waals surface area contributed by atoms with Gasteiger partial charge in [-0.25, -0.2) is 10.2 Å². The zero-order valence-electron chi connectivity index (χ0n) is 26.1. The summed E-state index contributed by atoms with van der Waals surface area (Å²) in [5, 5.41) is 6.76. The summed E-state index contributed by atoms with van der Waals surface area (Å²) in [6.07, 6.45) is 3.48. The molecule has 240 valence electrons. The second-order valence-electron chi connectivity index (χ2n) is 11.3. The summed E-state index contributed by atoms with van der Waals surface area (Å²) < 4.78 is 16.2. The van der Waals surface area contributed by atoms with E-state index in [2.05, 4.69) is 23.0 Å². The van der Waals surface area contributed by atoms with Gasteiger partial charge in [0.2, 0.25) is 17.7 Å². The fraction of sp³-hybridized carbons (Fsp3) is 0.645. The lowest BCUT2D eigenvalue weighted by atomic mass is 9.98. The minimum atomic E-state index is -0.921. The highest BCUT2D eigenvalue weighted by atomic mass is 16.6. The number of carbonyl (C=O) groups excluding carboxylic acids is 5. The highest BCUT2D eigenvalue weighted by Gasteiger charge is 2.35. The van der Waals surface area contributed by atoms with E-state index in [0.29, 0.717) is 43.9 Å². The van der Waals surface area contributed by atoms with E-state index < -0.39 is 36.4 Å². The van der Waals surface area contributed by atoms with Crippen LogP contribution >= 0.6 is 0 Å². The van der Waals surface area contributed by atoms with Crippen LogP contribution in [0.2, 0.25) is 0 Å². The van der Waals surface area contributed by atoms with Crippen LogP contribution in [0.3, 0.4) is 0 Å². The third kappa shape index (κ3) is 13.0. The molecule has 12 nitrogen and oxygen atoms in total. The van der Waals surface area contributed by atoms with Crippen LogP contribution in [0.5, 0.6) is 11.5 Å². The monoisotopic (exact) mass is 604 g/mol. The number of esters is 1. The molecule has 1 aliphatic rings. The first-order valence-corrected chi connectivity index (χ1v) is 15.2. The van der Waals surface area contributed by atoms with Crippen LogP contribution in [0.1, 0.15) is 73.1 Å². The number of ketones is 1. The summed E-state index contributed by atoms with van der Waals surface area (Å²) in [5.41, 5.74) is 2.97. The normalized spacial score (nSPS) is 15.5. The molecule has 0 bridgehead atoms. The van der Waals surface area contributed by atoms with Crippen LogP contribution in [0.4, 0.5) is 0 Å². The first-order valence-electron chi connectivity index (χ1n) is 15.2. The average Bonchev–Trinajstić information content (AvgIpc) is 2.97. The number of hydrogen-bond donors (Lipinski definition) is 3. The lowest BCUT2D eigenvalue weighted by Crippen LogP contribution is -2.61. The van der Waals surface area contributed by atoms with Crippen molar-refractivity contribution in [2.75, 3.05) is 32.9 Å². The third-order valence-electron chi connectivity index (χ3n) is 6.71. The first kappa shape index (κ1) is 35.5. The predicted molar refractivity (Wildman–Crippen MR) is 160 cm³/mol. The lowest BCUT2D eigenvalue weighted by Gasteiger charge is -2.36. The summed E-state index contributed by atoms with van der Waals surface area (Å²) in [6.45, 7) is 9.90. The molecule has 0 aliphatic carbocycles. The SMILES string of the molecule is CCCCOc1ccc(OCC(=O)OCC(=O)C(NC(=O)C2CCCNN2C(=O)CCNC(=O)CC(C)C)C(C)C)cc1. The van der Waals surface area contributed by atoms with Crippen LogP contribution in [0.25, 0.3) is 0 Å². The van der Waals surface area contributed by atoms with Crippen molar-refractivity contribution in [1.82, 2.24) is 21.1 Å². The quantitative estimate of drug-likeness (QED) is 0.170. The molecule has 1 aliphatic heterocycles. The minimum Gasteiger partial charge on any atom is -0.494 e. The Morgan fingerprint density at radius 2 is 1.67 bits per heavy atom. The van der Waals surface area contributed by atoms with Gasteiger partial charge in [0.1, 0.15) is 17.5 Å². The Bertz CT molecular complexity index is 1060. The maximum absolute atomic E-state index is 13.2. The van der Waals surface area contributed by atoms with Gasteiger partial charge in [0.25, 0.3) is 0 Å². The fourth-order valence-corrected chi connectivity index (χ4v) is 4.38. The molecule has 1 fully saturated rings. The number of Topliss-reactive ketones (excluding diaryl/α,β-unsaturated/α-hetero) is 1. The van der Waals surface area contributed by atoms with Crippen molar-refractivity contribution in [3.05, 3.63) is 24.3 Å². The number of amides is 3. The molecule has 0 aromatic heterocycles.